The van der Waals surface area contributed by atoms with E-state index in [0.29, 0.717) is 10.8 Å². The molecule has 0 spiro atoms. The Bertz CT molecular complexity index is 644. The highest BCUT2D eigenvalue weighted by molar-refractivity contribution is 7.91. The van der Waals surface area contributed by atoms with Crippen molar-refractivity contribution in [1.29, 1.82) is 0 Å². The standard InChI is InChI=1S/C14H18N2O2S3/c17-21(18,14-6-4-10-20-14)15-11-12(13-5-3-9-19-13)16-7-1-2-8-16/h3-6,9-10,12,15H,1-2,7-8,11H2. The quantitative estimate of drug-likeness (QED) is 0.878. The predicted octanol–water partition coefficient (Wildman–Crippen LogP) is 2.93. The summed E-state index contributed by atoms with van der Waals surface area (Å²) in [4.78, 5) is 3.61. The van der Waals surface area contributed by atoms with E-state index in [-0.39, 0.29) is 6.04 Å². The molecule has 0 radical (unpaired) electrons. The van der Waals surface area contributed by atoms with Crippen molar-refractivity contribution < 1.29 is 8.42 Å². The first kappa shape index (κ1) is 15.2. The van der Waals surface area contributed by atoms with Gasteiger partial charge in [-0.3, -0.25) is 4.90 Å². The summed E-state index contributed by atoms with van der Waals surface area (Å²) in [6.45, 7) is 2.52. The summed E-state index contributed by atoms with van der Waals surface area (Å²) in [5, 5.41) is 3.83. The topological polar surface area (TPSA) is 49.4 Å². The molecule has 0 amide bonds. The fourth-order valence-corrected chi connectivity index (χ4v) is 5.56. The minimum atomic E-state index is -3.39. The summed E-state index contributed by atoms with van der Waals surface area (Å²) in [5.74, 6) is 0. The van der Waals surface area contributed by atoms with Gasteiger partial charge in [0, 0.05) is 11.4 Å². The number of rotatable bonds is 6. The van der Waals surface area contributed by atoms with E-state index >= 15 is 0 Å². The summed E-state index contributed by atoms with van der Waals surface area (Å²) in [5.41, 5.74) is 0. The van der Waals surface area contributed by atoms with Crippen molar-refractivity contribution in [1.82, 2.24) is 9.62 Å². The van der Waals surface area contributed by atoms with Gasteiger partial charge in [0.25, 0.3) is 0 Å². The Hall–Kier alpha value is -0.730. The van der Waals surface area contributed by atoms with E-state index in [1.807, 2.05) is 11.4 Å². The second-order valence-electron chi connectivity index (χ2n) is 5.06. The van der Waals surface area contributed by atoms with Gasteiger partial charge in [-0.05, 0) is 48.8 Å². The normalized spacial score (nSPS) is 18.1. The first-order valence-electron chi connectivity index (χ1n) is 6.97. The average Bonchev–Trinajstić information content (AvgIpc) is 3.23. The van der Waals surface area contributed by atoms with Crippen LogP contribution in [-0.4, -0.2) is 33.0 Å². The second-order valence-corrected chi connectivity index (χ2v) is 8.98. The maximum atomic E-state index is 12.3. The number of sulfonamides is 1. The first-order valence-corrected chi connectivity index (χ1v) is 10.2. The van der Waals surface area contributed by atoms with Gasteiger partial charge >= 0.3 is 0 Å². The highest BCUT2D eigenvalue weighted by atomic mass is 32.2. The lowest BCUT2D eigenvalue weighted by Gasteiger charge is -2.26. The molecule has 1 atom stereocenters. The molecule has 114 valence electrons. The van der Waals surface area contributed by atoms with Gasteiger partial charge in [0.1, 0.15) is 4.21 Å². The molecule has 1 N–H and O–H groups in total. The zero-order valence-electron chi connectivity index (χ0n) is 11.6. The van der Waals surface area contributed by atoms with E-state index in [0.717, 1.165) is 13.1 Å². The average molecular weight is 343 g/mol. The summed E-state index contributed by atoms with van der Waals surface area (Å²) in [6.07, 6.45) is 2.39. The lowest BCUT2D eigenvalue weighted by molar-refractivity contribution is 0.250. The highest BCUT2D eigenvalue weighted by Crippen LogP contribution is 2.28. The monoisotopic (exact) mass is 342 g/mol. The summed E-state index contributed by atoms with van der Waals surface area (Å²) in [6, 6.07) is 7.66. The van der Waals surface area contributed by atoms with Gasteiger partial charge in [0.05, 0.1) is 6.04 Å². The number of likely N-dealkylation sites (tertiary alicyclic amines) is 1. The van der Waals surface area contributed by atoms with Crippen LogP contribution < -0.4 is 4.72 Å². The van der Waals surface area contributed by atoms with Gasteiger partial charge < -0.3 is 0 Å². The van der Waals surface area contributed by atoms with Gasteiger partial charge in [-0.15, -0.1) is 22.7 Å². The Kier molecular flexibility index (Phi) is 4.75. The molecule has 2 aromatic rings. The molecule has 1 unspecified atom stereocenters. The Morgan fingerprint density at radius 3 is 2.48 bits per heavy atom. The maximum absolute atomic E-state index is 12.3. The fourth-order valence-electron chi connectivity index (χ4n) is 2.62. The van der Waals surface area contributed by atoms with E-state index < -0.39 is 10.0 Å². The molecule has 3 heterocycles. The molecule has 3 rings (SSSR count). The fraction of sp³-hybridized carbons (Fsp3) is 0.429. The van der Waals surface area contributed by atoms with Crippen LogP contribution in [-0.2, 0) is 10.0 Å². The number of nitrogens with zero attached hydrogens (tertiary/aromatic N) is 1. The van der Waals surface area contributed by atoms with Crippen molar-refractivity contribution in [2.24, 2.45) is 0 Å². The largest absolute Gasteiger partial charge is 0.294 e. The lowest BCUT2D eigenvalue weighted by atomic mass is 10.2. The van der Waals surface area contributed by atoms with Gasteiger partial charge in [0.15, 0.2) is 0 Å². The Morgan fingerprint density at radius 2 is 1.86 bits per heavy atom. The molecule has 0 aromatic carbocycles. The van der Waals surface area contributed by atoms with Crippen LogP contribution >= 0.6 is 22.7 Å². The zero-order valence-corrected chi connectivity index (χ0v) is 14.0. The molecular formula is C14H18N2O2S3. The third kappa shape index (κ3) is 3.54. The number of nitrogens with one attached hydrogen (secondary N) is 1. The highest BCUT2D eigenvalue weighted by Gasteiger charge is 2.26. The van der Waals surface area contributed by atoms with Crippen LogP contribution in [0.25, 0.3) is 0 Å². The van der Waals surface area contributed by atoms with Gasteiger partial charge in [-0.2, -0.15) is 0 Å². The van der Waals surface area contributed by atoms with Crippen molar-refractivity contribution in [3.63, 3.8) is 0 Å². The summed E-state index contributed by atoms with van der Waals surface area (Å²) in [7, 11) is -3.39. The second kappa shape index (κ2) is 6.58. The Balaban J connectivity index is 1.73. The van der Waals surface area contributed by atoms with Crippen LogP contribution in [0.1, 0.15) is 23.8 Å². The van der Waals surface area contributed by atoms with Crippen LogP contribution in [0.3, 0.4) is 0 Å². The van der Waals surface area contributed by atoms with E-state index in [1.54, 1.807) is 28.8 Å². The van der Waals surface area contributed by atoms with E-state index in [9.17, 15) is 8.42 Å². The predicted molar refractivity (Wildman–Crippen MR) is 87.4 cm³/mol. The molecule has 1 aliphatic rings. The van der Waals surface area contributed by atoms with Crippen molar-refractivity contribution in [2.75, 3.05) is 19.6 Å². The molecule has 4 nitrogen and oxygen atoms in total. The molecule has 0 saturated carbocycles. The molecule has 0 aliphatic carbocycles. The van der Waals surface area contributed by atoms with Crippen molar-refractivity contribution in [2.45, 2.75) is 23.1 Å². The lowest BCUT2D eigenvalue weighted by Crippen LogP contribution is -2.36. The molecule has 1 aliphatic heterocycles. The van der Waals surface area contributed by atoms with Crippen molar-refractivity contribution >= 4 is 32.7 Å². The zero-order chi connectivity index (χ0) is 14.7. The Labute approximate surface area is 133 Å². The first-order chi connectivity index (χ1) is 10.2. The minimum Gasteiger partial charge on any atom is -0.294 e. The summed E-state index contributed by atoms with van der Waals surface area (Å²) < 4.78 is 27.7. The van der Waals surface area contributed by atoms with Gasteiger partial charge in [-0.25, -0.2) is 13.1 Å². The van der Waals surface area contributed by atoms with E-state index in [4.69, 9.17) is 0 Å². The van der Waals surface area contributed by atoms with Gasteiger partial charge in [0.2, 0.25) is 10.0 Å². The van der Waals surface area contributed by atoms with E-state index in [2.05, 4.69) is 15.7 Å². The molecule has 7 heteroatoms. The van der Waals surface area contributed by atoms with Gasteiger partial charge in [-0.1, -0.05) is 12.1 Å². The number of hydrogen-bond acceptors (Lipinski definition) is 5. The van der Waals surface area contributed by atoms with Crippen LogP contribution in [0, 0.1) is 0 Å². The van der Waals surface area contributed by atoms with Crippen LogP contribution in [0.5, 0.6) is 0 Å². The van der Waals surface area contributed by atoms with Crippen LogP contribution in [0.4, 0.5) is 0 Å². The number of hydrogen-bond donors (Lipinski definition) is 1. The maximum Gasteiger partial charge on any atom is 0.250 e. The molecule has 1 saturated heterocycles. The third-order valence-corrected chi connectivity index (χ3v) is 7.47. The molecule has 0 bridgehead atoms. The Morgan fingerprint density at radius 1 is 1.14 bits per heavy atom. The minimum absolute atomic E-state index is 0.141. The van der Waals surface area contributed by atoms with Crippen molar-refractivity contribution in [3.8, 4) is 0 Å². The molecule has 2 aromatic heterocycles. The summed E-state index contributed by atoms with van der Waals surface area (Å²) >= 11 is 2.94. The molecule has 21 heavy (non-hydrogen) atoms. The smallest absolute Gasteiger partial charge is 0.250 e. The van der Waals surface area contributed by atoms with Crippen molar-refractivity contribution in [3.05, 3.63) is 39.9 Å². The van der Waals surface area contributed by atoms with Crippen LogP contribution in [0.2, 0.25) is 0 Å². The SMILES string of the molecule is O=S(=O)(NCC(c1cccs1)N1CCCC1)c1cccs1. The van der Waals surface area contributed by atoms with Crippen LogP contribution in [0.15, 0.2) is 39.2 Å². The third-order valence-electron chi connectivity index (χ3n) is 3.68. The molecular weight excluding hydrogens is 324 g/mol. The van der Waals surface area contributed by atoms with E-state index in [1.165, 1.54) is 29.1 Å². The number of thiophene rings is 2. The molecule has 1 fully saturated rings.